The number of halogens is 4. The van der Waals surface area contributed by atoms with E-state index < -0.39 is 12.1 Å². The molecule has 0 bridgehead atoms. The van der Waals surface area contributed by atoms with Crippen LogP contribution in [0.15, 0.2) is 30.3 Å². The van der Waals surface area contributed by atoms with Gasteiger partial charge in [-0.15, -0.1) is 0 Å². The smallest absolute Gasteiger partial charge is 0.337 e. The number of hydrogen-bond acceptors (Lipinski definition) is 2. The molecule has 2 N–H and O–H groups in total. The van der Waals surface area contributed by atoms with Gasteiger partial charge in [0.1, 0.15) is 0 Å². The first kappa shape index (κ1) is 16.4. The van der Waals surface area contributed by atoms with Gasteiger partial charge in [-0.3, -0.25) is 0 Å². The van der Waals surface area contributed by atoms with Crippen molar-refractivity contribution in [1.29, 1.82) is 0 Å². The van der Waals surface area contributed by atoms with E-state index >= 15 is 0 Å². The SMILES string of the molecule is O=C(O)C(O)c1c(Cl)cccc1-c1c(Cl)ccc(Cl)c1Cl. The highest BCUT2D eigenvalue weighted by Gasteiger charge is 2.25. The summed E-state index contributed by atoms with van der Waals surface area (Å²) in [6.07, 6.45) is -1.81. The summed E-state index contributed by atoms with van der Waals surface area (Å²) in [7, 11) is 0. The van der Waals surface area contributed by atoms with Crippen LogP contribution < -0.4 is 0 Å². The number of aliphatic hydroxyl groups excluding tert-OH is 1. The van der Waals surface area contributed by atoms with Crippen LogP contribution in [0.5, 0.6) is 0 Å². The zero-order valence-electron chi connectivity index (χ0n) is 10.3. The van der Waals surface area contributed by atoms with E-state index in [-0.39, 0.29) is 25.7 Å². The molecule has 2 aromatic carbocycles. The van der Waals surface area contributed by atoms with E-state index in [4.69, 9.17) is 51.5 Å². The number of aliphatic carboxylic acids is 1. The van der Waals surface area contributed by atoms with Crippen molar-refractivity contribution in [2.75, 3.05) is 0 Å². The number of carboxylic acid groups (broad SMARTS) is 1. The lowest BCUT2D eigenvalue weighted by Crippen LogP contribution is -2.12. The van der Waals surface area contributed by atoms with Gasteiger partial charge in [0, 0.05) is 16.1 Å². The van der Waals surface area contributed by atoms with E-state index in [2.05, 4.69) is 0 Å². The van der Waals surface area contributed by atoms with Crippen LogP contribution in [0.3, 0.4) is 0 Å². The molecule has 1 unspecified atom stereocenters. The van der Waals surface area contributed by atoms with Gasteiger partial charge in [-0.1, -0.05) is 58.5 Å². The molecule has 0 saturated carbocycles. The normalized spacial score (nSPS) is 12.2. The van der Waals surface area contributed by atoms with Crippen LogP contribution in [0.1, 0.15) is 11.7 Å². The fraction of sp³-hybridized carbons (Fsp3) is 0.0714. The van der Waals surface area contributed by atoms with Crippen molar-refractivity contribution in [1.82, 2.24) is 0 Å². The van der Waals surface area contributed by atoms with Gasteiger partial charge in [-0.25, -0.2) is 4.79 Å². The van der Waals surface area contributed by atoms with Crippen molar-refractivity contribution in [2.24, 2.45) is 0 Å². The predicted octanol–water partition coefficient (Wildman–Crippen LogP) is 5.09. The summed E-state index contributed by atoms with van der Waals surface area (Å²) in [5, 5.41) is 19.7. The molecule has 0 fully saturated rings. The molecule has 2 rings (SSSR count). The average molecular weight is 366 g/mol. The first-order valence-electron chi connectivity index (χ1n) is 5.67. The zero-order valence-corrected chi connectivity index (χ0v) is 13.3. The molecular formula is C14H8Cl4O3. The average Bonchev–Trinajstić information content (AvgIpc) is 2.43. The Morgan fingerprint density at radius 1 is 0.952 bits per heavy atom. The fourth-order valence-corrected chi connectivity index (χ4v) is 2.94. The molecule has 0 aliphatic carbocycles. The van der Waals surface area contributed by atoms with E-state index in [9.17, 15) is 9.90 Å². The lowest BCUT2D eigenvalue weighted by atomic mass is 9.96. The van der Waals surface area contributed by atoms with E-state index in [1.54, 1.807) is 12.1 Å². The molecule has 0 radical (unpaired) electrons. The monoisotopic (exact) mass is 364 g/mol. The summed E-state index contributed by atoms with van der Waals surface area (Å²) >= 11 is 24.3. The van der Waals surface area contributed by atoms with Gasteiger partial charge in [0.2, 0.25) is 0 Å². The van der Waals surface area contributed by atoms with E-state index in [0.29, 0.717) is 11.1 Å². The standard InChI is InChI=1S/C14H8Cl4O3/c15-7-3-1-2-6(11(7)13(19)14(20)21)10-8(16)4-5-9(17)12(10)18/h1-5,13,19H,(H,20,21). The number of carbonyl (C=O) groups is 1. The lowest BCUT2D eigenvalue weighted by molar-refractivity contribution is -0.146. The van der Waals surface area contributed by atoms with Gasteiger partial charge in [0.15, 0.2) is 6.10 Å². The minimum absolute atomic E-state index is 0.0118. The second-order valence-corrected chi connectivity index (χ2v) is 5.76. The van der Waals surface area contributed by atoms with E-state index in [1.165, 1.54) is 18.2 Å². The highest BCUT2D eigenvalue weighted by atomic mass is 35.5. The predicted molar refractivity (Wildman–Crippen MR) is 84.5 cm³/mol. The molecule has 110 valence electrons. The molecule has 0 aromatic heterocycles. The molecule has 0 amide bonds. The van der Waals surface area contributed by atoms with Crippen molar-refractivity contribution in [3.63, 3.8) is 0 Å². The number of benzene rings is 2. The Labute approximate surface area is 140 Å². The maximum absolute atomic E-state index is 11.1. The topological polar surface area (TPSA) is 57.5 Å². The van der Waals surface area contributed by atoms with Gasteiger partial charge < -0.3 is 10.2 Å². The van der Waals surface area contributed by atoms with Gasteiger partial charge in [0.25, 0.3) is 0 Å². The largest absolute Gasteiger partial charge is 0.479 e. The first-order valence-corrected chi connectivity index (χ1v) is 7.19. The lowest BCUT2D eigenvalue weighted by Gasteiger charge is -2.17. The van der Waals surface area contributed by atoms with Gasteiger partial charge >= 0.3 is 5.97 Å². The van der Waals surface area contributed by atoms with Crippen molar-refractivity contribution < 1.29 is 15.0 Å². The third-order valence-electron chi connectivity index (χ3n) is 2.87. The summed E-state index contributed by atoms with van der Waals surface area (Å²) in [5.74, 6) is -1.43. The highest BCUT2D eigenvalue weighted by molar-refractivity contribution is 6.46. The molecule has 21 heavy (non-hydrogen) atoms. The summed E-state index contributed by atoms with van der Waals surface area (Å²) in [4.78, 5) is 11.1. The summed E-state index contributed by atoms with van der Waals surface area (Å²) in [6, 6.07) is 7.69. The Morgan fingerprint density at radius 3 is 2.19 bits per heavy atom. The molecule has 1 atom stereocenters. The summed E-state index contributed by atoms with van der Waals surface area (Å²) in [6.45, 7) is 0. The molecule has 0 heterocycles. The molecule has 2 aromatic rings. The Morgan fingerprint density at radius 2 is 1.57 bits per heavy atom. The Hall–Kier alpha value is -0.970. The minimum Gasteiger partial charge on any atom is -0.479 e. The van der Waals surface area contributed by atoms with Crippen LogP contribution in [0.25, 0.3) is 11.1 Å². The maximum atomic E-state index is 11.1. The van der Waals surface area contributed by atoms with E-state index in [0.717, 1.165) is 0 Å². The Bertz CT molecular complexity index is 716. The van der Waals surface area contributed by atoms with Crippen LogP contribution in [-0.2, 0) is 4.79 Å². The van der Waals surface area contributed by atoms with Gasteiger partial charge in [-0.05, 0) is 23.8 Å². The van der Waals surface area contributed by atoms with Crippen molar-refractivity contribution in [3.8, 4) is 11.1 Å². The quantitative estimate of drug-likeness (QED) is 0.745. The second-order valence-electron chi connectivity index (χ2n) is 4.16. The van der Waals surface area contributed by atoms with Crippen LogP contribution >= 0.6 is 46.4 Å². The highest BCUT2D eigenvalue weighted by Crippen LogP contribution is 2.43. The third kappa shape index (κ3) is 3.12. The van der Waals surface area contributed by atoms with Crippen molar-refractivity contribution in [2.45, 2.75) is 6.10 Å². The minimum atomic E-state index is -1.81. The van der Waals surface area contributed by atoms with Crippen molar-refractivity contribution >= 4 is 52.4 Å². The first-order chi connectivity index (χ1) is 9.84. The Kier molecular flexibility index (Phi) is 5.02. The molecule has 7 heteroatoms. The molecule has 0 aliphatic heterocycles. The molecule has 0 aliphatic rings. The number of rotatable bonds is 3. The third-order valence-corrected chi connectivity index (χ3v) is 4.32. The molecular weight excluding hydrogens is 358 g/mol. The fourth-order valence-electron chi connectivity index (χ4n) is 1.93. The van der Waals surface area contributed by atoms with Gasteiger partial charge in [0.05, 0.1) is 15.1 Å². The van der Waals surface area contributed by atoms with Crippen molar-refractivity contribution in [3.05, 3.63) is 56.0 Å². The summed E-state index contributed by atoms with van der Waals surface area (Å²) < 4.78 is 0. The summed E-state index contributed by atoms with van der Waals surface area (Å²) in [5.41, 5.74) is 0.649. The number of hydrogen-bond donors (Lipinski definition) is 2. The molecule has 0 spiro atoms. The maximum Gasteiger partial charge on any atom is 0.337 e. The number of carboxylic acids is 1. The Balaban J connectivity index is 2.80. The van der Waals surface area contributed by atoms with Gasteiger partial charge in [-0.2, -0.15) is 0 Å². The number of aliphatic hydroxyl groups is 1. The van der Waals surface area contributed by atoms with Crippen LogP contribution in [0.4, 0.5) is 0 Å². The van der Waals surface area contributed by atoms with Crippen LogP contribution in [-0.4, -0.2) is 16.2 Å². The molecule has 0 saturated heterocycles. The molecule has 3 nitrogen and oxygen atoms in total. The second kappa shape index (κ2) is 6.42. The van der Waals surface area contributed by atoms with Crippen LogP contribution in [0, 0.1) is 0 Å². The van der Waals surface area contributed by atoms with Crippen LogP contribution in [0.2, 0.25) is 20.1 Å². The van der Waals surface area contributed by atoms with E-state index in [1.807, 2.05) is 0 Å². The zero-order chi connectivity index (χ0) is 15.7.